The molecule has 0 amide bonds. The van der Waals surface area contributed by atoms with Gasteiger partial charge in [0.25, 0.3) is 0 Å². The van der Waals surface area contributed by atoms with Gasteiger partial charge in [0.05, 0.1) is 13.7 Å². The number of carboxylic acids is 1. The fraction of sp³-hybridized carbons (Fsp3) is 0.214. The van der Waals surface area contributed by atoms with Crippen molar-refractivity contribution in [3.05, 3.63) is 42.0 Å². The van der Waals surface area contributed by atoms with Gasteiger partial charge in [-0.2, -0.15) is 0 Å². The first kappa shape index (κ1) is 12.4. The van der Waals surface area contributed by atoms with Crippen molar-refractivity contribution >= 4 is 16.7 Å². The Morgan fingerprint density at radius 2 is 1.89 bits per heavy atom. The molecule has 0 fully saturated rings. The van der Waals surface area contributed by atoms with Crippen molar-refractivity contribution in [1.82, 2.24) is 0 Å². The molecular weight excluding hydrogens is 232 g/mol. The Hall–Kier alpha value is -2.07. The molecule has 4 heteroatoms. The van der Waals surface area contributed by atoms with E-state index in [2.05, 4.69) is 0 Å². The fourth-order valence-corrected chi connectivity index (χ4v) is 1.91. The van der Waals surface area contributed by atoms with Gasteiger partial charge in [-0.1, -0.05) is 24.3 Å². The Bertz CT molecular complexity index is 577. The van der Waals surface area contributed by atoms with E-state index < -0.39 is 18.5 Å². The molecule has 0 aliphatic heterocycles. The summed E-state index contributed by atoms with van der Waals surface area (Å²) in [6, 6.07) is 10.9. The molecule has 18 heavy (non-hydrogen) atoms. The topological polar surface area (TPSA) is 66.8 Å². The SMILES string of the molecule is COc1ccc2cc(C(CO)C(=O)O)ccc2c1. The molecule has 2 rings (SSSR count). The van der Waals surface area contributed by atoms with E-state index in [-0.39, 0.29) is 0 Å². The van der Waals surface area contributed by atoms with E-state index in [1.807, 2.05) is 24.3 Å². The number of carbonyl (C=O) groups is 1. The third-order valence-corrected chi connectivity index (χ3v) is 2.95. The fourth-order valence-electron chi connectivity index (χ4n) is 1.91. The quantitative estimate of drug-likeness (QED) is 0.866. The van der Waals surface area contributed by atoms with Crippen molar-refractivity contribution in [2.75, 3.05) is 13.7 Å². The number of methoxy groups -OCH3 is 1. The highest BCUT2D eigenvalue weighted by atomic mass is 16.5. The Morgan fingerprint density at radius 1 is 1.22 bits per heavy atom. The molecular formula is C14H14O4. The van der Waals surface area contributed by atoms with Gasteiger partial charge in [-0.05, 0) is 28.5 Å². The van der Waals surface area contributed by atoms with Crippen LogP contribution in [-0.4, -0.2) is 29.9 Å². The number of hydrogen-bond acceptors (Lipinski definition) is 3. The second-order valence-electron chi connectivity index (χ2n) is 4.05. The molecule has 2 aromatic rings. The van der Waals surface area contributed by atoms with Crippen LogP contribution in [0.25, 0.3) is 10.8 Å². The van der Waals surface area contributed by atoms with Gasteiger partial charge in [-0.25, -0.2) is 0 Å². The zero-order valence-corrected chi connectivity index (χ0v) is 9.96. The van der Waals surface area contributed by atoms with Crippen molar-refractivity contribution in [3.8, 4) is 5.75 Å². The largest absolute Gasteiger partial charge is 0.497 e. The number of ether oxygens (including phenoxy) is 1. The minimum Gasteiger partial charge on any atom is -0.497 e. The first-order chi connectivity index (χ1) is 8.65. The molecule has 94 valence electrons. The van der Waals surface area contributed by atoms with Gasteiger partial charge in [0.15, 0.2) is 0 Å². The smallest absolute Gasteiger partial charge is 0.313 e. The second-order valence-corrected chi connectivity index (χ2v) is 4.05. The minimum atomic E-state index is -1.02. The normalized spacial score (nSPS) is 12.3. The minimum absolute atomic E-state index is 0.406. The van der Waals surface area contributed by atoms with Gasteiger partial charge in [-0.3, -0.25) is 4.79 Å². The van der Waals surface area contributed by atoms with Gasteiger partial charge >= 0.3 is 5.97 Å². The summed E-state index contributed by atoms with van der Waals surface area (Å²) >= 11 is 0. The summed E-state index contributed by atoms with van der Waals surface area (Å²) in [6.07, 6.45) is 0. The van der Waals surface area contributed by atoms with Crippen molar-refractivity contribution in [2.45, 2.75) is 5.92 Å². The van der Waals surface area contributed by atoms with Crippen molar-refractivity contribution in [3.63, 3.8) is 0 Å². The van der Waals surface area contributed by atoms with Crippen LogP contribution in [0.2, 0.25) is 0 Å². The Kier molecular flexibility index (Phi) is 3.48. The summed E-state index contributed by atoms with van der Waals surface area (Å²) in [7, 11) is 1.60. The van der Waals surface area contributed by atoms with Crippen LogP contribution in [-0.2, 0) is 4.79 Å². The van der Waals surface area contributed by atoms with Crippen LogP contribution in [0.5, 0.6) is 5.75 Å². The Balaban J connectivity index is 2.47. The number of hydrogen-bond donors (Lipinski definition) is 2. The van der Waals surface area contributed by atoms with Crippen LogP contribution in [0.4, 0.5) is 0 Å². The number of benzene rings is 2. The number of aliphatic hydroxyl groups is 1. The molecule has 1 atom stereocenters. The standard InChI is InChI=1S/C14H14O4/c1-18-12-5-4-9-6-11(3-2-10(9)7-12)13(8-15)14(16)17/h2-7,13,15H,8H2,1H3,(H,16,17). The third-order valence-electron chi connectivity index (χ3n) is 2.95. The van der Waals surface area contributed by atoms with E-state index in [9.17, 15) is 4.79 Å². The molecule has 0 radical (unpaired) electrons. The van der Waals surface area contributed by atoms with Gasteiger partial charge < -0.3 is 14.9 Å². The van der Waals surface area contributed by atoms with E-state index in [1.54, 1.807) is 19.2 Å². The lowest BCUT2D eigenvalue weighted by Crippen LogP contribution is -2.15. The van der Waals surface area contributed by atoms with E-state index in [0.29, 0.717) is 5.56 Å². The molecule has 0 saturated heterocycles. The first-order valence-electron chi connectivity index (χ1n) is 5.57. The van der Waals surface area contributed by atoms with Crippen molar-refractivity contribution in [1.29, 1.82) is 0 Å². The highest BCUT2D eigenvalue weighted by Crippen LogP contribution is 2.25. The first-order valence-corrected chi connectivity index (χ1v) is 5.57. The number of fused-ring (bicyclic) bond motifs is 1. The lowest BCUT2D eigenvalue weighted by Gasteiger charge is -2.11. The van der Waals surface area contributed by atoms with Crippen LogP contribution < -0.4 is 4.74 Å². The number of carboxylic acid groups (broad SMARTS) is 1. The molecule has 4 nitrogen and oxygen atoms in total. The molecule has 0 spiro atoms. The van der Waals surface area contributed by atoms with Gasteiger partial charge in [0.1, 0.15) is 11.7 Å². The summed E-state index contributed by atoms with van der Waals surface area (Å²) in [5.74, 6) is -1.14. The molecule has 0 saturated carbocycles. The van der Waals surface area contributed by atoms with Crippen LogP contribution in [0, 0.1) is 0 Å². The number of aliphatic carboxylic acids is 1. The maximum absolute atomic E-state index is 11.0. The average molecular weight is 246 g/mol. The van der Waals surface area contributed by atoms with Crippen molar-refractivity contribution < 1.29 is 19.7 Å². The van der Waals surface area contributed by atoms with Crippen LogP contribution in [0.3, 0.4) is 0 Å². The van der Waals surface area contributed by atoms with Gasteiger partial charge in [0.2, 0.25) is 0 Å². The maximum Gasteiger partial charge on any atom is 0.313 e. The molecule has 0 aliphatic carbocycles. The lowest BCUT2D eigenvalue weighted by atomic mass is 9.97. The molecule has 1 unspecified atom stereocenters. The monoisotopic (exact) mass is 246 g/mol. The Morgan fingerprint density at radius 3 is 2.50 bits per heavy atom. The summed E-state index contributed by atoms with van der Waals surface area (Å²) in [5.41, 5.74) is 0.600. The number of rotatable bonds is 4. The molecule has 2 aromatic carbocycles. The second kappa shape index (κ2) is 5.06. The summed E-state index contributed by atoms with van der Waals surface area (Å²) in [6.45, 7) is -0.406. The van der Waals surface area contributed by atoms with Crippen LogP contribution >= 0.6 is 0 Å². The zero-order valence-electron chi connectivity index (χ0n) is 9.96. The highest BCUT2D eigenvalue weighted by molar-refractivity contribution is 5.86. The van der Waals surface area contributed by atoms with Crippen molar-refractivity contribution in [2.24, 2.45) is 0 Å². The van der Waals surface area contributed by atoms with Gasteiger partial charge in [0, 0.05) is 0 Å². The summed E-state index contributed by atoms with van der Waals surface area (Å²) in [4.78, 5) is 11.0. The summed E-state index contributed by atoms with van der Waals surface area (Å²) in [5, 5.41) is 20.0. The Labute approximate surface area is 104 Å². The molecule has 0 aliphatic rings. The van der Waals surface area contributed by atoms with E-state index in [4.69, 9.17) is 14.9 Å². The van der Waals surface area contributed by atoms with E-state index >= 15 is 0 Å². The summed E-state index contributed by atoms with van der Waals surface area (Å²) < 4.78 is 5.13. The van der Waals surface area contributed by atoms with Gasteiger partial charge in [-0.15, -0.1) is 0 Å². The van der Waals surface area contributed by atoms with E-state index in [1.165, 1.54) is 0 Å². The predicted octanol–water partition coefficient (Wildman–Crippen LogP) is 2.01. The predicted molar refractivity (Wildman–Crippen MR) is 68.0 cm³/mol. The zero-order chi connectivity index (χ0) is 13.1. The molecule has 2 N–H and O–H groups in total. The van der Waals surface area contributed by atoms with Crippen LogP contribution in [0.15, 0.2) is 36.4 Å². The van der Waals surface area contributed by atoms with E-state index in [0.717, 1.165) is 16.5 Å². The molecule has 0 bridgehead atoms. The maximum atomic E-state index is 11.0. The van der Waals surface area contributed by atoms with Crippen LogP contribution in [0.1, 0.15) is 11.5 Å². The third kappa shape index (κ3) is 2.28. The average Bonchev–Trinajstić information content (AvgIpc) is 2.38. The molecule has 0 aromatic heterocycles. The highest BCUT2D eigenvalue weighted by Gasteiger charge is 2.18. The lowest BCUT2D eigenvalue weighted by molar-refractivity contribution is -0.139. The number of aliphatic hydroxyl groups excluding tert-OH is 1. The molecule has 0 heterocycles.